The number of pyridine rings is 1. The van der Waals surface area contributed by atoms with Gasteiger partial charge in [0.1, 0.15) is 19.5 Å². The minimum Gasteiger partial charge on any atom is -0.457 e. The predicted octanol–water partition coefficient (Wildman–Crippen LogP) is 3.75. The van der Waals surface area contributed by atoms with Crippen molar-refractivity contribution < 1.29 is 33.7 Å². The molecule has 0 saturated carbocycles. The number of aromatic nitrogens is 1. The Hall–Kier alpha value is -3.02. The number of aliphatic hydroxyl groups is 1. The first-order valence-corrected chi connectivity index (χ1v) is 14.3. The number of hydrogen-bond acceptors (Lipinski definition) is 11. The van der Waals surface area contributed by atoms with E-state index >= 15 is 0 Å². The minimum absolute atomic E-state index is 0.0419. The molecule has 2 aliphatic heterocycles. The molecular weight excluding hydrogens is 516 g/mol. The van der Waals surface area contributed by atoms with Crippen LogP contribution in [0.3, 0.4) is 0 Å². The summed E-state index contributed by atoms with van der Waals surface area (Å²) in [7, 11) is 4.80. The highest BCUT2D eigenvalue weighted by Gasteiger charge is 2.50. The molecule has 3 heterocycles. The number of carbonyl (C=O) groups is 3. The van der Waals surface area contributed by atoms with E-state index < -0.39 is 17.7 Å². The van der Waals surface area contributed by atoms with Crippen LogP contribution in [0.15, 0.2) is 47.6 Å². The van der Waals surface area contributed by atoms with Crippen LogP contribution in [0.2, 0.25) is 0 Å². The molecule has 1 unspecified atom stereocenters. The molecule has 1 aromatic carbocycles. The van der Waals surface area contributed by atoms with Gasteiger partial charge in [0.25, 0.3) is 0 Å². The maximum atomic E-state index is 13.1. The molecule has 196 valence electrons. The molecular formula is C26H28N2O7S2. The first-order valence-electron chi connectivity index (χ1n) is 11.8. The first-order chi connectivity index (χ1) is 17.9. The summed E-state index contributed by atoms with van der Waals surface area (Å²) in [5.41, 5.74) is 1.92. The fourth-order valence-electron chi connectivity index (χ4n) is 4.34. The normalized spacial score (nSPS) is 20.2. The lowest BCUT2D eigenvalue weighted by atomic mass is 9.84. The molecule has 11 heteroatoms. The molecule has 4 rings (SSSR count). The monoisotopic (exact) mass is 544 g/mol. The molecule has 0 saturated heterocycles. The number of para-hydroxylation sites is 1. The minimum atomic E-state index is -1.84. The van der Waals surface area contributed by atoms with Crippen molar-refractivity contribution in [2.75, 3.05) is 38.4 Å². The Morgan fingerprint density at radius 1 is 1.30 bits per heavy atom. The molecule has 37 heavy (non-hydrogen) atoms. The lowest BCUT2D eigenvalue weighted by Gasteiger charge is -2.35. The summed E-state index contributed by atoms with van der Waals surface area (Å²) >= 11 is 0. The van der Waals surface area contributed by atoms with E-state index in [1.807, 2.05) is 36.2 Å². The highest BCUT2D eigenvalue weighted by Crippen LogP contribution is 2.39. The number of rotatable bonds is 10. The third-order valence-corrected chi connectivity index (χ3v) is 8.51. The molecule has 1 N–H and O–H groups in total. The maximum Gasteiger partial charge on any atom is 0.509 e. The van der Waals surface area contributed by atoms with Crippen LogP contribution in [0.25, 0.3) is 16.6 Å². The van der Waals surface area contributed by atoms with Gasteiger partial charge in [-0.1, -0.05) is 46.7 Å². The Bertz CT molecular complexity index is 1260. The molecule has 1 atom stereocenters. The smallest absolute Gasteiger partial charge is 0.457 e. The van der Waals surface area contributed by atoms with E-state index in [2.05, 4.69) is 6.07 Å². The van der Waals surface area contributed by atoms with Crippen molar-refractivity contribution in [2.45, 2.75) is 25.5 Å². The average Bonchev–Trinajstić information content (AvgIpc) is 3.20. The quantitative estimate of drug-likeness (QED) is 0.204. The summed E-state index contributed by atoms with van der Waals surface area (Å²) in [6, 6.07) is 9.88. The van der Waals surface area contributed by atoms with Gasteiger partial charge in [0.2, 0.25) is 5.60 Å². The van der Waals surface area contributed by atoms with Crippen molar-refractivity contribution in [1.82, 2.24) is 9.88 Å². The topological polar surface area (TPSA) is 115 Å². The van der Waals surface area contributed by atoms with Gasteiger partial charge < -0.3 is 24.2 Å². The summed E-state index contributed by atoms with van der Waals surface area (Å²) < 4.78 is 16.1. The number of nitrogens with zero attached hydrogens (tertiary/aromatic N) is 2. The highest BCUT2D eigenvalue weighted by molar-refractivity contribution is 8.76. The van der Waals surface area contributed by atoms with Gasteiger partial charge >= 0.3 is 12.1 Å². The molecule has 0 aliphatic carbocycles. The van der Waals surface area contributed by atoms with Crippen LogP contribution in [-0.2, 0) is 30.3 Å². The highest BCUT2D eigenvalue weighted by atomic mass is 33.1. The van der Waals surface area contributed by atoms with Gasteiger partial charge in [-0.05, 0) is 30.2 Å². The number of benzene rings is 1. The van der Waals surface area contributed by atoms with Crippen molar-refractivity contribution in [3.05, 3.63) is 58.8 Å². The Morgan fingerprint density at radius 3 is 2.84 bits per heavy atom. The lowest BCUT2D eigenvalue weighted by Crippen LogP contribution is -2.49. The van der Waals surface area contributed by atoms with E-state index in [1.54, 1.807) is 13.0 Å². The summed E-state index contributed by atoms with van der Waals surface area (Å²) in [5.74, 6) is 0.292. The first kappa shape index (κ1) is 27.0. The van der Waals surface area contributed by atoms with Crippen molar-refractivity contribution >= 4 is 56.6 Å². The zero-order chi connectivity index (χ0) is 26.4. The number of carbonyl (C=O) groups excluding carboxylic acids is 3. The number of aliphatic hydroxyl groups excluding tert-OH is 1. The zero-order valence-corrected chi connectivity index (χ0v) is 22.2. The Morgan fingerprint density at radius 2 is 2.08 bits per heavy atom. The number of aldehydes is 1. The van der Waals surface area contributed by atoms with Crippen molar-refractivity contribution in [3.63, 3.8) is 0 Å². The summed E-state index contributed by atoms with van der Waals surface area (Å²) in [4.78, 5) is 44.6. The molecule has 2 aliphatic rings. The average molecular weight is 545 g/mol. The standard InChI is InChI=1S/C26H28N2O7S2/c1-3-26(35-25(32)33-9-11-37-36-10-8-29)20(19(15-30)16-34-24(26)31)13-22-23-18(14-28(22)2)12-17-6-4-5-7-21(17)27-23/h4-7,12-13,15,29H,3,8-11,14,16H2,1-2H3/b22-13-. The number of fused-ring (bicyclic) bond motifs is 2. The second-order valence-electron chi connectivity index (χ2n) is 8.46. The summed E-state index contributed by atoms with van der Waals surface area (Å²) in [5, 5.41) is 9.86. The molecule has 0 amide bonds. The van der Waals surface area contributed by atoms with Gasteiger partial charge in [0.15, 0.2) is 0 Å². The predicted molar refractivity (Wildman–Crippen MR) is 143 cm³/mol. The van der Waals surface area contributed by atoms with Crippen LogP contribution in [0.4, 0.5) is 4.79 Å². The molecule has 0 radical (unpaired) electrons. The van der Waals surface area contributed by atoms with Gasteiger partial charge in [-0.25, -0.2) is 14.6 Å². The van der Waals surface area contributed by atoms with Crippen molar-refractivity contribution in [1.29, 1.82) is 0 Å². The lowest BCUT2D eigenvalue weighted by molar-refractivity contribution is -0.165. The molecule has 0 bridgehead atoms. The van der Waals surface area contributed by atoms with Crippen molar-refractivity contribution in [2.24, 2.45) is 0 Å². The number of ether oxygens (including phenoxy) is 3. The van der Waals surface area contributed by atoms with Crippen LogP contribution in [0.5, 0.6) is 0 Å². The van der Waals surface area contributed by atoms with Gasteiger partial charge in [0.05, 0.1) is 23.5 Å². The molecule has 0 fully saturated rings. The third kappa shape index (κ3) is 5.63. The largest absolute Gasteiger partial charge is 0.509 e. The third-order valence-electron chi connectivity index (χ3n) is 6.16. The van der Waals surface area contributed by atoms with E-state index in [4.69, 9.17) is 24.3 Å². The molecule has 9 nitrogen and oxygen atoms in total. The van der Waals surface area contributed by atoms with Crippen LogP contribution in [0, 0.1) is 0 Å². The molecule has 0 spiro atoms. The Balaban J connectivity index is 1.66. The molecule has 1 aromatic heterocycles. The second kappa shape index (κ2) is 12.0. The number of cyclic esters (lactones) is 1. The fraction of sp³-hybridized carbons (Fsp3) is 0.385. The maximum absolute atomic E-state index is 13.1. The van der Waals surface area contributed by atoms with Gasteiger partial charge in [-0.2, -0.15) is 0 Å². The van der Waals surface area contributed by atoms with E-state index in [9.17, 15) is 14.4 Å². The van der Waals surface area contributed by atoms with Crippen LogP contribution >= 0.6 is 21.6 Å². The van der Waals surface area contributed by atoms with E-state index in [0.717, 1.165) is 22.2 Å². The van der Waals surface area contributed by atoms with E-state index in [-0.39, 0.29) is 37.4 Å². The van der Waals surface area contributed by atoms with E-state index in [1.165, 1.54) is 21.6 Å². The van der Waals surface area contributed by atoms with Gasteiger partial charge in [-0.15, -0.1) is 0 Å². The second-order valence-corrected chi connectivity index (χ2v) is 11.2. The Kier molecular flexibility index (Phi) is 8.78. The van der Waals surface area contributed by atoms with Gasteiger partial charge in [0, 0.05) is 41.6 Å². The van der Waals surface area contributed by atoms with Crippen LogP contribution in [0.1, 0.15) is 24.6 Å². The summed E-state index contributed by atoms with van der Waals surface area (Å²) in [6.07, 6.45) is 1.34. The van der Waals surface area contributed by atoms with E-state index in [0.29, 0.717) is 30.0 Å². The fourth-order valence-corrected chi connectivity index (χ4v) is 5.94. The SMILES string of the molecule is CCC1(OC(=O)OCCSSCCO)C(=O)OCC(C=O)=C1/C=C1/c2nc3ccccc3cc2CN1C. The number of hydrogen-bond donors (Lipinski definition) is 1. The van der Waals surface area contributed by atoms with Crippen LogP contribution in [-0.4, -0.2) is 77.4 Å². The van der Waals surface area contributed by atoms with Crippen molar-refractivity contribution in [3.8, 4) is 0 Å². The van der Waals surface area contributed by atoms with Gasteiger partial charge in [-0.3, -0.25) is 4.79 Å². The van der Waals surface area contributed by atoms with Crippen LogP contribution < -0.4 is 0 Å². The zero-order valence-electron chi connectivity index (χ0n) is 20.6. The molecule has 2 aromatic rings. The Labute approximate surface area is 222 Å². The summed E-state index contributed by atoms with van der Waals surface area (Å²) in [6.45, 7) is 2.19. The number of esters is 1.